The van der Waals surface area contributed by atoms with Gasteiger partial charge < -0.3 is 19.9 Å². The largest absolute Gasteiger partial charge is 0.495 e. The van der Waals surface area contributed by atoms with Crippen molar-refractivity contribution in [2.75, 3.05) is 17.7 Å². The molecule has 0 saturated carbocycles. The molecule has 0 unspecified atom stereocenters. The Labute approximate surface area is 167 Å². The van der Waals surface area contributed by atoms with Crippen molar-refractivity contribution in [1.82, 2.24) is 4.57 Å². The maximum atomic E-state index is 12.4. The minimum Gasteiger partial charge on any atom is -0.495 e. The standard InChI is InChI=1S/C22H21N3O4/c1-15-7-12-21(27)25(13-15)14-20(26)23-17-10-8-16(9-11-17)22(28)24-18-5-3-4-6-19(18)29-2/h3-13H,14H2,1-2H3,(H,23,26)(H,24,28). The Balaban J connectivity index is 1.63. The van der Waals surface area contributed by atoms with Crippen LogP contribution < -0.4 is 20.9 Å². The average molecular weight is 391 g/mol. The molecule has 7 heteroatoms. The summed E-state index contributed by atoms with van der Waals surface area (Å²) in [6.45, 7) is 1.76. The van der Waals surface area contributed by atoms with Crippen LogP contribution in [-0.4, -0.2) is 23.5 Å². The van der Waals surface area contributed by atoms with Gasteiger partial charge in [0.1, 0.15) is 12.3 Å². The van der Waals surface area contributed by atoms with Crippen LogP contribution in [0.15, 0.2) is 71.7 Å². The van der Waals surface area contributed by atoms with Gasteiger partial charge in [-0.3, -0.25) is 14.4 Å². The fourth-order valence-electron chi connectivity index (χ4n) is 2.78. The van der Waals surface area contributed by atoms with E-state index in [0.717, 1.165) is 5.56 Å². The molecule has 2 aromatic carbocycles. The fraction of sp³-hybridized carbons (Fsp3) is 0.136. The third-order valence-corrected chi connectivity index (χ3v) is 4.23. The van der Waals surface area contributed by atoms with E-state index < -0.39 is 0 Å². The third kappa shape index (κ3) is 5.10. The second-order valence-corrected chi connectivity index (χ2v) is 6.45. The summed E-state index contributed by atoms with van der Waals surface area (Å²) in [5, 5.41) is 5.51. The molecule has 0 saturated heterocycles. The number of para-hydroxylation sites is 2. The van der Waals surface area contributed by atoms with Gasteiger partial charge in [0.25, 0.3) is 11.5 Å². The Morgan fingerprint density at radius 2 is 1.69 bits per heavy atom. The van der Waals surface area contributed by atoms with Crippen molar-refractivity contribution in [3.05, 3.63) is 88.3 Å². The van der Waals surface area contributed by atoms with Gasteiger partial charge in [0.15, 0.2) is 0 Å². The van der Waals surface area contributed by atoms with Gasteiger partial charge in [-0.1, -0.05) is 18.2 Å². The number of benzene rings is 2. The van der Waals surface area contributed by atoms with Gasteiger partial charge in [0, 0.05) is 23.5 Å². The Hall–Kier alpha value is -3.87. The average Bonchev–Trinajstić information content (AvgIpc) is 2.71. The number of anilines is 2. The minimum absolute atomic E-state index is 0.0868. The van der Waals surface area contributed by atoms with Gasteiger partial charge in [-0.05, 0) is 48.9 Å². The van der Waals surface area contributed by atoms with E-state index >= 15 is 0 Å². The number of ether oxygens (including phenoxy) is 1. The Bertz CT molecular complexity index is 1090. The molecular formula is C22H21N3O4. The molecule has 148 valence electrons. The molecule has 2 N–H and O–H groups in total. The zero-order chi connectivity index (χ0) is 20.8. The molecule has 0 aliphatic carbocycles. The summed E-state index contributed by atoms with van der Waals surface area (Å²) in [5.41, 5.74) is 2.19. The van der Waals surface area contributed by atoms with E-state index in [1.165, 1.54) is 17.7 Å². The first-order valence-corrected chi connectivity index (χ1v) is 8.97. The highest BCUT2D eigenvalue weighted by molar-refractivity contribution is 6.05. The van der Waals surface area contributed by atoms with Crippen LogP contribution in [0, 0.1) is 6.92 Å². The van der Waals surface area contributed by atoms with Crippen LogP contribution in [0.3, 0.4) is 0 Å². The van der Waals surface area contributed by atoms with Crippen molar-refractivity contribution in [1.29, 1.82) is 0 Å². The molecule has 3 aromatic rings. The van der Waals surface area contributed by atoms with Crippen molar-refractivity contribution >= 4 is 23.2 Å². The number of rotatable bonds is 6. The first kappa shape index (κ1) is 19.9. The summed E-state index contributed by atoms with van der Waals surface area (Å²) in [6, 6.07) is 16.7. The van der Waals surface area contributed by atoms with Crippen LogP contribution >= 0.6 is 0 Å². The smallest absolute Gasteiger partial charge is 0.255 e. The number of carbonyl (C=O) groups excluding carboxylic acids is 2. The lowest BCUT2D eigenvalue weighted by molar-refractivity contribution is -0.116. The number of amides is 2. The molecular weight excluding hydrogens is 370 g/mol. The molecule has 29 heavy (non-hydrogen) atoms. The van der Waals surface area contributed by atoms with Crippen LogP contribution in [0.1, 0.15) is 15.9 Å². The van der Waals surface area contributed by atoms with E-state index in [0.29, 0.717) is 22.7 Å². The highest BCUT2D eigenvalue weighted by atomic mass is 16.5. The summed E-state index contributed by atoms with van der Waals surface area (Å²) < 4.78 is 6.57. The molecule has 2 amide bonds. The zero-order valence-electron chi connectivity index (χ0n) is 16.1. The molecule has 1 heterocycles. The number of hydrogen-bond donors (Lipinski definition) is 2. The van der Waals surface area contributed by atoms with Crippen LogP contribution in [0.5, 0.6) is 5.75 Å². The molecule has 1 aromatic heterocycles. The van der Waals surface area contributed by atoms with E-state index in [1.54, 1.807) is 54.7 Å². The second-order valence-electron chi connectivity index (χ2n) is 6.45. The molecule has 0 aliphatic rings. The van der Waals surface area contributed by atoms with Gasteiger partial charge in [-0.15, -0.1) is 0 Å². The molecule has 3 rings (SSSR count). The fourth-order valence-corrected chi connectivity index (χ4v) is 2.78. The number of hydrogen-bond acceptors (Lipinski definition) is 4. The van der Waals surface area contributed by atoms with Crippen LogP contribution in [0.2, 0.25) is 0 Å². The first-order valence-electron chi connectivity index (χ1n) is 8.97. The summed E-state index contributed by atoms with van der Waals surface area (Å²) in [5.74, 6) is -0.0567. The van der Waals surface area contributed by atoms with E-state index in [9.17, 15) is 14.4 Å². The maximum absolute atomic E-state index is 12.4. The van der Waals surface area contributed by atoms with Crippen LogP contribution in [-0.2, 0) is 11.3 Å². The summed E-state index contributed by atoms with van der Waals surface area (Å²) in [4.78, 5) is 36.5. The minimum atomic E-state index is -0.330. The molecule has 0 spiro atoms. The number of methoxy groups -OCH3 is 1. The normalized spacial score (nSPS) is 10.3. The molecule has 7 nitrogen and oxygen atoms in total. The number of aromatic nitrogens is 1. The Morgan fingerprint density at radius 1 is 0.966 bits per heavy atom. The Kier molecular flexibility index (Phi) is 6.09. The predicted molar refractivity (Wildman–Crippen MR) is 111 cm³/mol. The van der Waals surface area contributed by atoms with E-state index in [-0.39, 0.29) is 23.9 Å². The summed E-state index contributed by atoms with van der Waals surface area (Å²) in [6.07, 6.45) is 1.63. The van der Waals surface area contributed by atoms with Gasteiger partial charge in [0.05, 0.1) is 12.8 Å². The van der Waals surface area contributed by atoms with E-state index in [4.69, 9.17) is 4.74 Å². The zero-order valence-corrected chi connectivity index (χ0v) is 16.1. The quantitative estimate of drug-likeness (QED) is 0.676. The topological polar surface area (TPSA) is 89.4 Å². The van der Waals surface area contributed by atoms with Gasteiger partial charge >= 0.3 is 0 Å². The van der Waals surface area contributed by atoms with Gasteiger partial charge in [0.2, 0.25) is 5.91 Å². The van der Waals surface area contributed by atoms with Crippen LogP contribution in [0.4, 0.5) is 11.4 Å². The van der Waals surface area contributed by atoms with Crippen molar-refractivity contribution < 1.29 is 14.3 Å². The first-order chi connectivity index (χ1) is 14.0. The lowest BCUT2D eigenvalue weighted by atomic mass is 10.2. The highest BCUT2D eigenvalue weighted by Crippen LogP contribution is 2.23. The lowest BCUT2D eigenvalue weighted by Crippen LogP contribution is -2.26. The van der Waals surface area contributed by atoms with E-state index in [2.05, 4.69) is 10.6 Å². The molecule has 0 bridgehead atoms. The number of nitrogens with zero attached hydrogens (tertiary/aromatic N) is 1. The second kappa shape index (κ2) is 8.88. The van der Waals surface area contributed by atoms with E-state index in [1.807, 2.05) is 13.0 Å². The van der Waals surface area contributed by atoms with Crippen molar-refractivity contribution in [3.8, 4) is 5.75 Å². The molecule has 0 fully saturated rings. The van der Waals surface area contributed by atoms with Gasteiger partial charge in [-0.2, -0.15) is 0 Å². The highest BCUT2D eigenvalue weighted by Gasteiger charge is 2.10. The van der Waals surface area contributed by atoms with Crippen LogP contribution in [0.25, 0.3) is 0 Å². The molecule has 0 aliphatic heterocycles. The molecule has 0 atom stereocenters. The number of nitrogens with one attached hydrogen (secondary N) is 2. The summed E-state index contributed by atoms with van der Waals surface area (Å²) in [7, 11) is 1.54. The van der Waals surface area contributed by atoms with Crippen molar-refractivity contribution in [2.24, 2.45) is 0 Å². The van der Waals surface area contributed by atoms with Crippen molar-refractivity contribution in [2.45, 2.75) is 13.5 Å². The van der Waals surface area contributed by atoms with Crippen molar-refractivity contribution in [3.63, 3.8) is 0 Å². The SMILES string of the molecule is COc1ccccc1NC(=O)c1ccc(NC(=O)Cn2cc(C)ccc2=O)cc1. The van der Waals surface area contributed by atoms with Gasteiger partial charge in [-0.25, -0.2) is 0 Å². The molecule has 0 radical (unpaired) electrons. The number of aryl methyl sites for hydroxylation is 1. The predicted octanol–water partition coefficient (Wildman–Crippen LogP) is 3.06. The Morgan fingerprint density at radius 3 is 2.41 bits per heavy atom. The maximum Gasteiger partial charge on any atom is 0.255 e. The summed E-state index contributed by atoms with van der Waals surface area (Å²) >= 11 is 0. The number of carbonyl (C=O) groups is 2. The third-order valence-electron chi connectivity index (χ3n) is 4.23. The number of pyridine rings is 1. The lowest BCUT2D eigenvalue weighted by Gasteiger charge is -2.11. The monoisotopic (exact) mass is 391 g/mol.